The minimum Gasteiger partial charge on any atom is -0.506 e. The number of benzene rings is 5. The molecule has 5 aromatic carbocycles. The van der Waals surface area contributed by atoms with Gasteiger partial charge >= 0.3 is 0 Å². The largest absolute Gasteiger partial charge is 0.506 e. The number of anilines is 2. The number of phenolic OH excluding ortho intramolecular Hbond substituents is 2. The number of rotatable bonds is 4. The van der Waals surface area contributed by atoms with Gasteiger partial charge in [-0.2, -0.15) is 0 Å². The molecule has 5 rings (SSSR count). The van der Waals surface area contributed by atoms with Crippen LogP contribution in [0.1, 0.15) is 22.3 Å². The summed E-state index contributed by atoms with van der Waals surface area (Å²) < 4.78 is 12.4. The van der Waals surface area contributed by atoms with Crippen molar-refractivity contribution in [3.8, 4) is 58.2 Å². The van der Waals surface area contributed by atoms with E-state index in [-0.39, 0.29) is 22.9 Å². The Morgan fingerprint density at radius 1 is 0.475 bits per heavy atom. The molecule has 0 radical (unpaired) electrons. The molecule has 0 heterocycles. The smallest absolute Gasteiger partial charge is 0.158 e. The van der Waals surface area contributed by atoms with E-state index in [1.54, 1.807) is 24.3 Å². The molecule has 6 heteroatoms. The highest BCUT2D eigenvalue weighted by molar-refractivity contribution is 5.65. The molecule has 6 nitrogen and oxygen atoms in total. The first-order chi connectivity index (χ1) is 19.4. The zero-order valence-electron chi connectivity index (χ0n) is 21.3. The maximum atomic E-state index is 9.89. The Labute approximate surface area is 232 Å². The van der Waals surface area contributed by atoms with Gasteiger partial charge in [0.15, 0.2) is 5.75 Å². The van der Waals surface area contributed by atoms with E-state index in [1.165, 1.54) is 24.3 Å². The van der Waals surface area contributed by atoms with Crippen molar-refractivity contribution in [1.29, 1.82) is 0 Å². The molecule has 5 aromatic rings. The van der Waals surface area contributed by atoms with Crippen LogP contribution < -0.4 is 20.9 Å². The molecule has 0 spiro atoms. The van der Waals surface area contributed by atoms with Gasteiger partial charge < -0.3 is 31.2 Å². The minimum absolute atomic E-state index is 0.0342. The maximum Gasteiger partial charge on any atom is 0.158 e. The van der Waals surface area contributed by atoms with Crippen molar-refractivity contribution in [3.05, 3.63) is 131 Å². The fourth-order valence-corrected chi connectivity index (χ4v) is 3.73. The molecule has 0 aliphatic rings. The standard InChI is InChI=1S/C34H24N2O4/c35-30-21-27(15-17-32(30)37)39-29-19-25(13-11-23-7-3-1-4-8-23)34(40-28-16-18-33(38)31(36)22-28)26(20-29)14-12-24-9-5-2-6-10-24/h1-10,15-22,37-38H,35-36H2. The number of nitrogen functional groups attached to an aromatic ring is 2. The summed E-state index contributed by atoms with van der Waals surface area (Å²) in [6, 6.07) is 31.8. The average molecular weight is 525 g/mol. The SMILES string of the molecule is Nc1cc(Oc2cc(C#Cc3ccccc3)c(Oc3ccc(O)c(N)c3)c(C#Cc3ccccc3)c2)ccc1O. The van der Waals surface area contributed by atoms with Gasteiger partial charge in [-0.3, -0.25) is 0 Å². The molecule has 0 fully saturated rings. The first-order valence-corrected chi connectivity index (χ1v) is 12.3. The predicted octanol–water partition coefficient (Wildman–Crippen LogP) is 6.65. The molecule has 0 amide bonds. The maximum absolute atomic E-state index is 9.89. The van der Waals surface area contributed by atoms with Crippen LogP contribution in [0, 0.1) is 23.7 Å². The highest BCUT2D eigenvalue weighted by Gasteiger charge is 2.15. The molecule has 0 saturated carbocycles. The summed E-state index contributed by atoms with van der Waals surface area (Å²) in [4.78, 5) is 0. The summed E-state index contributed by atoms with van der Waals surface area (Å²) in [5.74, 6) is 14.3. The average Bonchev–Trinajstić information content (AvgIpc) is 2.97. The second kappa shape index (κ2) is 11.6. The molecule has 0 aromatic heterocycles. The van der Waals surface area contributed by atoms with Crippen LogP contribution in [0.4, 0.5) is 11.4 Å². The van der Waals surface area contributed by atoms with Gasteiger partial charge in [-0.1, -0.05) is 60.1 Å². The monoisotopic (exact) mass is 524 g/mol. The van der Waals surface area contributed by atoms with Gasteiger partial charge in [0.25, 0.3) is 0 Å². The van der Waals surface area contributed by atoms with Crippen LogP contribution >= 0.6 is 0 Å². The molecule has 6 N–H and O–H groups in total. The van der Waals surface area contributed by atoms with Crippen LogP contribution in [0.5, 0.6) is 34.5 Å². The Morgan fingerprint density at radius 2 is 0.925 bits per heavy atom. The Morgan fingerprint density at radius 3 is 1.38 bits per heavy atom. The van der Waals surface area contributed by atoms with Gasteiger partial charge in [0.05, 0.1) is 22.5 Å². The van der Waals surface area contributed by atoms with Crippen molar-refractivity contribution in [2.24, 2.45) is 0 Å². The normalized spacial score (nSPS) is 10.0. The Kier molecular flexibility index (Phi) is 7.44. The summed E-state index contributed by atoms with van der Waals surface area (Å²) in [5, 5.41) is 19.7. The van der Waals surface area contributed by atoms with Gasteiger partial charge in [0.1, 0.15) is 28.7 Å². The zero-order chi connectivity index (χ0) is 27.9. The molecule has 0 saturated heterocycles. The molecule has 0 atom stereocenters. The number of phenols is 2. The van der Waals surface area contributed by atoms with Gasteiger partial charge in [0, 0.05) is 35.4 Å². The summed E-state index contributed by atoms with van der Waals surface area (Å²) in [6.07, 6.45) is 0. The minimum atomic E-state index is -0.0440. The van der Waals surface area contributed by atoms with Crippen LogP contribution in [-0.2, 0) is 0 Å². The number of nitrogens with two attached hydrogens (primary N) is 2. The first kappa shape index (κ1) is 25.7. The Balaban J connectivity index is 1.67. The summed E-state index contributed by atoms with van der Waals surface area (Å²) >= 11 is 0. The third-order valence-electron chi connectivity index (χ3n) is 5.75. The van der Waals surface area contributed by atoms with Gasteiger partial charge in [-0.05, 0) is 48.5 Å². The molecule has 0 unspecified atom stereocenters. The number of hydrogen-bond acceptors (Lipinski definition) is 6. The van der Waals surface area contributed by atoms with Crippen molar-refractivity contribution in [3.63, 3.8) is 0 Å². The fraction of sp³-hybridized carbons (Fsp3) is 0. The van der Waals surface area contributed by atoms with Crippen molar-refractivity contribution in [2.75, 3.05) is 11.5 Å². The van der Waals surface area contributed by atoms with E-state index < -0.39 is 0 Å². The van der Waals surface area contributed by atoms with E-state index in [4.69, 9.17) is 20.9 Å². The zero-order valence-corrected chi connectivity index (χ0v) is 21.3. The Bertz CT molecular complexity index is 1720. The second-order valence-electron chi connectivity index (χ2n) is 8.72. The third-order valence-corrected chi connectivity index (χ3v) is 5.75. The van der Waals surface area contributed by atoms with E-state index in [0.29, 0.717) is 34.1 Å². The highest BCUT2D eigenvalue weighted by atomic mass is 16.5. The third kappa shape index (κ3) is 6.28. The molecule has 0 aliphatic carbocycles. The predicted molar refractivity (Wildman–Crippen MR) is 156 cm³/mol. The molecule has 40 heavy (non-hydrogen) atoms. The summed E-state index contributed by atoms with van der Waals surface area (Å²) in [6.45, 7) is 0. The fourth-order valence-electron chi connectivity index (χ4n) is 3.73. The lowest BCUT2D eigenvalue weighted by Crippen LogP contribution is -1.96. The van der Waals surface area contributed by atoms with Crippen LogP contribution in [-0.4, -0.2) is 10.2 Å². The molecule has 194 valence electrons. The highest BCUT2D eigenvalue weighted by Crippen LogP contribution is 2.37. The van der Waals surface area contributed by atoms with E-state index in [0.717, 1.165) is 11.1 Å². The van der Waals surface area contributed by atoms with E-state index in [2.05, 4.69) is 23.7 Å². The lowest BCUT2D eigenvalue weighted by Gasteiger charge is -2.14. The molecular weight excluding hydrogens is 500 g/mol. The van der Waals surface area contributed by atoms with Crippen molar-refractivity contribution >= 4 is 11.4 Å². The van der Waals surface area contributed by atoms with Crippen molar-refractivity contribution in [1.82, 2.24) is 0 Å². The lowest BCUT2D eigenvalue weighted by atomic mass is 10.1. The van der Waals surface area contributed by atoms with E-state index in [1.807, 2.05) is 60.7 Å². The Hall–Kier alpha value is -5.98. The van der Waals surface area contributed by atoms with Gasteiger partial charge in [-0.15, -0.1) is 0 Å². The van der Waals surface area contributed by atoms with Crippen LogP contribution in [0.3, 0.4) is 0 Å². The number of ether oxygens (including phenoxy) is 2. The summed E-state index contributed by atoms with van der Waals surface area (Å²) in [7, 11) is 0. The second-order valence-corrected chi connectivity index (χ2v) is 8.72. The molecular formula is C34H24N2O4. The van der Waals surface area contributed by atoms with E-state index >= 15 is 0 Å². The summed E-state index contributed by atoms with van der Waals surface area (Å²) in [5.41, 5.74) is 14.8. The first-order valence-electron chi connectivity index (χ1n) is 12.3. The topological polar surface area (TPSA) is 111 Å². The van der Waals surface area contributed by atoms with E-state index in [9.17, 15) is 10.2 Å². The molecule has 0 bridgehead atoms. The van der Waals surface area contributed by atoms with Crippen molar-refractivity contribution in [2.45, 2.75) is 0 Å². The number of aromatic hydroxyl groups is 2. The van der Waals surface area contributed by atoms with Gasteiger partial charge in [-0.25, -0.2) is 0 Å². The van der Waals surface area contributed by atoms with Crippen LogP contribution in [0.25, 0.3) is 0 Å². The lowest BCUT2D eigenvalue weighted by molar-refractivity contribution is 0.458. The molecule has 0 aliphatic heterocycles. The van der Waals surface area contributed by atoms with Crippen LogP contribution in [0.15, 0.2) is 109 Å². The quantitative estimate of drug-likeness (QED) is 0.119. The van der Waals surface area contributed by atoms with Gasteiger partial charge in [0.2, 0.25) is 0 Å². The van der Waals surface area contributed by atoms with Crippen LogP contribution in [0.2, 0.25) is 0 Å². The number of hydrogen-bond donors (Lipinski definition) is 4. The van der Waals surface area contributed by atoms with Crippen molar-refractivity contribution < 1.29 is 19.7 Å².